The van der Waals surface area contributed by atoms with Crippen molar-refractivity contribution >= 4 is 46.8 Å². The van der Waals surface area contributed by atoms with Crippen molar-refractivity contribution in [2.45, 2.75) is 44.9 Å². The molecule has 0 aliphatic heterocycles. The smallest absolute Gasteiger partial charge is 0.394 e. The van der Waals surface area contributed by atoms with E-state index in [0.717, 1.165) is 0 Å². The summed E-state index contributed by atoms with van der Waals surface area (Å²) in [6.07, 6.45) is -0.608. The first-order chi connectivity index (χ1) is 12.7. The number of hydrogen-bond donors (Lipinski definition) is 7. The number of amides is 2. The monoisotopic (exact) mass is 447 g/mol. The molecule has 13 nitrogen and oxygen atoms in total. The molecule has 0 fully saturated rings. The second-order valence-electron chi connectivity index (χ2n) is 5.49. The predicted molar refractivity (Wildman–Crippen MR) is 99.0 cm³/mol. The Kier molecular flexibility index (Phi) is 14.3. The van der Waals surface area contributed by atoms with Crippen LogP contribution in [-0.2, 0) is 34.3 Å². The number of carbonyl (C=O) groups is 4. The highest BCUT2D eigenvalue weighted by Crippen LogP contribution is 1.97. The molecular formula is C13H25N3O10S2. The molecular weight excluding hydrogens is 422 g/mol. The van der Waals surface area contributed by atoms with Gasteiger partial charge in [-0.2, -0.15) is 21.0 Å². The van der Waals surface area contributed by atoms with Gasteiger partial charge in [0.05, 0.1) is 12.1 Å². The van der Waals surface area contributed by atoms with E-state index in [1.807, 2.05) is 0 Å². The molecule has 28 heavy (non-hydrogen) atoms. The Hall–Kier alpha value is -1.94. The SMILES string of the molecule is CC(C)OC(=O)CNC(=O)[C@H](CS)NC(=O)[C@@H](N)CCC(=O)O.O=S(=O)(O)O. The summed E-state index contributed by atoms with van der Waals surface area (Å²) in [6, 6.07) is -2.04. The Morgan fingerprint density at radius 2 is 1.64 bits per heavy atom. The van der Waals surface area contributed by atoms with Crippen molar-refractivity contribution in [1.29, 1.82) is 0 Å². The second-order valence-corrected chi connectivity index (χ2v) is 6.75. The number of aliphatic carboxylic acids is 1. The zero-order chi connectivity index (χ0) is 22.5. The largest absolute Gasteiger partial charge is 0.481 e. The van der Waals surface area contributed by atoms with Gasteiger partial charge in [-0.05, 0) is 20.3 Å². The minimum atomic E-state index is -4.67. The average Bonchev–Trinajstić information content (AvgIpc) is 2.52. The van der Waals surface area contributed by atoms with Crippen molar-refractivity contribution < 1.29 is 46.5 Å². The number of nitrogens with two attached hydrogens (primary N) is 1. The van der Waals surface area contributed by atoms with Gasteiger partial charge in [0, 0.05) is 12.2 Å². The maximum Gasteiger partial charge on any atom is 0.394 e. The highest BCUT2D eigenvalue weighted by molar-refractivity contribution is 7.80. The first-order valence-corrected chi connectivity index (χ1v) is 9.76. The summed E-state index contributed by atoms with van der Waals surface area (Å²) in [5.74, 6) is -2.96. The van der Waals surface area contributed by atoms with Crippen LogP contribution in [0.4, 0.5) is 0 Å². The van der Waals surface area contributed by atoms with Gasteiger partial charge in [0.25, 0.3) is 0 Å². The zero-order valence-corrected chi connectivity index (χ0v) is 16.9. The molecule has 0 spiro atoms. The van der Waals surface area contributed by atoms with Crippen LogP contribution in [0.3, 0.4) is 0 Å². The van der Waals surface area contributed by atoms with Gasteiger partial charge in [-0.15, -0.1) is 0 Å². The van der Waals surface area contributed by atoms with Crippen molar-refractivity contribution in [2.24, 2.45) is 5.73 Å². The Bertz CT molecular complexity index is 630. The van der Waals surface area contributed by atoms with Crippen LogP contribution in [0.15, 0.2) is 0 Å². The first-order valence-electron chi connectivity index (χ1n) is 7.73. The van der Waals surface area contributed by atoms with Crippen molar-refractivity contribution in [3.8, 4) is 0 Å². The summed E-state index contributed by atoms with van der Waals surface area (Å²) < 4.78 is 36.4. The van der Waals surface area contributed by atoms with Crippen molar-refractivity contribution in [3.63, 3.8) is 0 Å². The van der Waals surface area contributed by atoms with Gasteiger partial charge >= 0.3 is 22.3 Å². The zero-order valence-electron chi connectivity index (χ0n) is 15.2. The molecule has 0 rings (SSSR count). The average molecular weight is 447 g/mol. The molecule has 0 aromatic heterocycles. The molecule has 0 aliphatic carbocycles. The highest BCUT2D eigenvalue weighted by Gasteiger charge is 2.23. The molecule has 7 N–H and O–H groups in total. The Labute approximate surface area is 167 Å². The van der Waals surface area contributed by atoms with E-state index in [1.54, 1.807) is 13.8 Å². The lowest BCUT2D eigenvalue weighted by Gasteiger charge is -2.19. The van der Waals surface area contributed by atoms with E-state index < -0.39 is 46.2 Å². The Morgan fingerprint density at radius 3 is 2.04 bits per heavy atom. The van der Waals surface area contributed by atoms with Crippen LogP contribution in [0.25, 0.3) is 0 Å². The summed E-state index contributed by atoms with van der Waals surface area (Å²) in [7, 11) is -4.67. The third-order valence-corrected chi connectivity index (χ3v) is 2.96. The summed E-state index contributed by atoms with van der Waals surface area (Å²) in [4.78, 5) is 45.4. The number of thiol groups is 1. The molecule has 0 aromatic carbocycles. The molecule has 0 bridgehead atoms. The number of carboxylic acid groups (broad SMARTS) is 1. The van der Waals surface area contributed by atoms with Gasteiger partial charge < -0.3 is 26.2 Å². The van der Waals surface area contributed by atoms with Gasteiger partial charge in [-0.25, -0.2) is 0 Å². The van der Waals surface area contributed by atoms with Crippen LogP contribution in [0.2, 0.25) is 0 Å². The maximum absolute atomic E-state index is 11.9. The number of nitrogens with one attached hydrogen (secondary N) is 2. The van der Waals surface area contributed by atoms with E-state index in [2.05, 4.69) is 23.3 Å². The first kappa shape index (κ1) is 28.3. The van der Waals surface area contributed by atoms with E-state index in [1.165, 1.54) is 0 Å². The number of carbonyl (C=O) groups excluding carboxylic acids is 3. The third-order valence-electron chi connectivity index (χ3n) is 2.60. The molecule has 2 atom stereocenters. The molecule has 0 aromatic rings. The lowest BCUT2D eigenvalue weighted by molar-refractivity contribution is -0.147. The third kappa shape index (κ3) is 18.8. The predicted octanol–water partition coefficient (Wildman–Crippen LogP) is -1.99. The van der Waals surface area contributed by atoms with Gasteiger partial charge in [-0.3, -0.25) is 28.3 Å². The minimum absolute atomic E-state index is 0.0115. The molecule has 2 amide bonds. The minimum Gasteiger partial charge on any atom is -0.481 e. The van der Waals surface area contributed by atoms with Crippen LogP contribution >= 0.6 is 12.6 Å². The summed E-state index contributed by atoms with van der Waals surface area (Å²) >= 11 is 3.96. The van der Waals surface area contributed by atoms with E-state index >= 15 is 0 Å². The van der Waals surface area contributed by atoms with E-state index in [-0.39, 0.29) is 31.2 Å². The Morgan fingerprint density at radius 1 is 1.14 bits per heavy atom. The van der Waals surface area contributed by atoms with Crippen molar-refractivity contribution in [1.82, 2.24) is 10.6 Å². The molecule has 164 valence electrons. The lowest BCUT2D eigenvalue weighted by Crippen LogP contribution is -2.53. The molecule has 0 radical (unpaired) electrons. The van der Waals surface area contributed by atoms with E-state index in [9.17, 15) is 19.2 Å². The van der Waals surface area contributed by atoms with Gasteiger partial charge in [0.15, 0.2) is 0 Å². The fourth-order valence-electron chi connectivity index (χ4n) is 1.47. The standard InChI is InChI=1S/C13H23N3O6S.H2O4S/c1-7(2)22-11(19)5-15-13(21)9(6-23)16-12(20)8(14)3-4-10(17)18;1-5(2,3)4/h7-9,23H,3-6,14H2,1-2H3,(H,15,21)(H,16,20)(H,17,18);(H2,1,2,3,4)/t8-,9-;/m0./s1. The number of esters is 1. The van der Waals surface area contributed by atoms with E-state index in [0.29, 0.717) is 0 Å². The maximum atomic E-state index is 11.9. The quantitative estimate of drug-likeness (QED) is 0.110. The van der Waals surface area contributed by atoms with Crippen LogP contribution in [0.5, 0.6) is 0 Å². The van der Waals surface area contributed by atoms with Gasteiger partial charge in [0.1, 0.15) is 12.6 Å². The number of rotatable bonds is 10. The van der Waals surface area contributed by atoms with Crippen molar-refractivity contribution in [3.05, 3.63) is 0 Å². The summed E-state index contributed by atoms with van der Waals surface area (Å²) in [5, 5.41) is 13.2. The van der Waals surface area contributed by atoms with Crippen LogP contribution < -0.4 is 16.4 Å². The Balaban J connectivity index is 0. The summed E-state index contributed by atoms with van der Waals surface area (Å²) in [6.45, 7) is 3.02. The fraction of sp³-hybridized carbons (Fsp3) is 0.692. The molecule has 0 saturated carbocycles. The molecule has 0 aliphatic rings. The van der Waals surface area contributed by atoms with Crippen LogP contribution in [0, 0.1) is 0 Å². The topological polar surface area (TPSA) is 222 Å². The highest BCUT2D eigenvalue weighted by atomic mass is 32.3. The van der Waals surface area contributed by atoms with E-state index in [4.69, 9.17) is 33.1 Å². The molecule has 0 saturated heterocycles. The fourth-order valence-corrected chi connectivity index (χ4v) is 1.73. The van der Waals surface area contributed by atoms with Gasteiger partial charge in [0.2, 0.25) is 11.8 Å². The second kappa shape index (κ2) is 14.1. The van der Waals surface area contributed by atoms with Gasteiger partial charge in [-0.1, -0.05) is 0 Å². The molecule has 0 unspecified atom stereocenters. The number of hydrogen-bond acceptors (Lipinski definition) is 9. The summed E-state index contributed by atoms with van der Waals surface area (Å²) in [5.41, 5.74) is 5.54. The van der Waals surface area contributed by atoms with Crippen molar-refractivity contribution in [2.75, 3.05) is 12.3 Å². The molecule has 15 heteroatoms. The van der Waals surface area contributed by atoms with Crippen LogP contribution in [-0.4, -0.2) is 76.9 Å². The lowest BCUT2D eigenvalue weighted by atomic mass is 10.1. The van der Waals surface area contributed by atoms with Crippen LogP contribution in [0.1, 0.15) is 26.7 Å². The normalized spacial score (nSPS) is 12.8. The number of carboxylic acids is 1. The molecule has 0 heterocycles. The number of ether oxygens (including phenoxy) is 1.